The van der Waals surface area contributed by atoms with Crippen molar-refractivity contribution in [1.29, 1.82) is 0 Å². The standard InChI is InChI=1S/C24H21F6N3O3/c1-3-17(13-7-8-15(23(35)36)16(25)11-13)31-22(34)19-18(32-33(2)20(19)21(26)27)10-12-5-4-6-14(9-12)24(28,29)30/h4-9,11,17,21H,3,10H2,1-2H3,(H,31,34)(H,35,36). The lowest BCUT2D eigenvalue weighted by atomic mass is 10.00. The molecule has 192 valence electrons. The summed E-state index contributed by atoms with van der Waals surface area (Å²) in [6, 6.07) is 6.60. The Bertz CT molecular complexity index is 1290. The number of carbonyl (C=O) groups is 2. The first kappa shape index (κ1) is 26.8. The van der Waals surface area contributed by atoms with Crippen LogP contribution in [0.2, 0.25) is 0 Å². The molecule has 0 saturated carbocycles. The highest BCUT2D eigenvalue weighted by atomic mass is 19.4. The zero-order valence-corrected chi connectivity index (χ0v) is 19.0. The van der Waals surface area contributed by atoms with Gasteiger partial charge in [-0.05, 0) is 35.7 Å². The van der Waals surface area contributed by atoms with Crippen molar-refractivity contribution in [3.05, 3.63) is 87.5 Å². The first-order valence-electron chi connectivity index (χ1n) is 10.7. The molecule has 0 saturated heterocycles. The van der Waals surface area contributed by atoms with E-state index in [0.29, 0.717) is 0 Å². The van der Waals surface area contributed by atoms with Crippen LogP contribution in [0.1, 0.15) is 74.6 Å². The molecule has 0 spiro atoms. The number of nitrogens with one attached hydrogen (secondary N) is 1. The lowest BCUT2D eigenvalue weighted by Crippen LogP contribution is -2.30. The molecule has 0 aliphatic heterocycles. The zero-order chi connectivity index (χ0) is 26.8. The summed E-state index contributed by atoms with van der Waals surface area (Å²) in [6.45, 7) is 1.63. The van der Waals surface area contributed by atoms with E-state index in [1.165, 1.54) is 19.2 Å². The highest BCUT2D eigenvalue weighted by molar-refractivity contribution is 5.97. The van der Waals surface area contributed by atoms with Crippen LogP contribution in [0.3, 0.4) is 0 Å². The third-order valence-corrected chi connectivity index (χ3v) is 5.56. The average molecular weight is 513 g/mol. The number of carboxylic acids is 1. The molecule has 1 heterocycles. The third-order valence-electron chi connectivity index (χ3n) is 5.56. The minimum Gasteiger partial charge on any atom is -0.478 e. The van der Waals surface area contributed by atoms with Crippen LogP contribution < -0.4 is 5.32 Å². The maximum atomic E-state index is 14.2. The molecule has 1 amide bonds. The van der Waals surface area contributed by atoms with Gasteiger partial charge in [-0.25, -0.2) is 18.0 Å². The van der Waals surface area contributed by atoms with Crippen LogP contribution in [-0.2, 0) is 19.6 Å². The quantitative estimate of drug-likeness (QED) is 0.380. The van der Waals surface area contributed by atoms with Crippen LogP contribution in [0.5, 0.6) is 0 Å². The van der Waals surface area contributed by atoms with Crippen molar-refractivity contribution in [2.75, 3.05) is 0 Å². The van der Waals surface area contributed by atoms with Crippen LogP contribution in [0.25, 0.3) is 0 Å². The van der Waals surface area contributed by atoms with Gasteiger partial charge in [-0.1, -0.05) is 31.2 Å². The van der Waals surface area contributed by atoms with Gasteiger partial charge in [0.25, 0.3) is 12.3 Å². The number of carbonyl (C=O) groups excluding carboxylic acids is 1. The number of hydrogen-bond acceptors (Lipinski definition) is 3. The van der Waals surface area contributed by atoms with Gasteiger partial charge < -0.3 is 10.4 Å². The monoisotopic (exact) mass is 513 g/mol. The van der Waals surface area contributed by atoms with Crippen LogP contribution in [0.15, 0.2) is 42.5 Å². The molecule has 36 heavy (non-hydrogen) atoms. The molecule has 0 fully saturated rings. The molecular weight excluding hydrogens is 492 g/mol. The predicted octanol–water partition coefficient (Wildman–Crippen LogP) is 5.69. The number of nitrogens with zero attached hydrogens (tertiary/aromatic N) is 2. The van der Waals surface area contributed by atoms with Crippen LogP contribution >= 0.6 is 0 Å². The number of aromatic carboxylic acids is 1. The lowest BCUT2D eigenvalue weighted by Gasteiger charge is -2.19. The Kier molecular flexibility index (Phi) is 7.75. The Morgan fingerprint density at radius 1 is 1.14 bits per heavy atom. The lowest BCUT2D eigenvalue weighted by molar-refractivity contribution is -0.137. The topological polar surface area (TPSA) is 84.2 Å². The van der Waals surface area contributed by atoms with Gasteiger partial charge in [0, 0.05) is 13.5 Å². The first-order chi connectivity index (χ1) is 16.8. The number of benzene rings is 2. The van der Waals surface area contributed by atoms with E-state index in [1.54, 1.807) is 6.92 Å². The maximum Gasteiger partial charge on any atom is 0.416 e. The molecule has 3 rings (SSSR count). The minimum atomic E-state index is -4.62. The molecule has 6 nitrogen and oxygen atoms in total. The molecule has 1 unspecified atom stereocenters. The van der Waals surface area contributed by atoms with E-state index in [-0.39, 0.29) is 29.7 Å². The van der Waals surface area contributed by atoms with E-state index in [1.807, 2.05) is 0 Å². The summed E-state index contributed by atoms with van der Waals surface area (Å²) >= 11 is 0. The van der Waals surface area contributed by atoms with Crippen molar-refractivity contribution in [2.24, 2.45) is 7.05 Å². The van der Waals surface area contributed by atoms with Gasteiger partial charge >= 0.3 is 12.1 Å². The number of carboxylic acid groups (broad SMARTS) is 1. The van der Waals surface area contributed by atoms with E-state index in [4.69, 9.17) is 5.11 Å². The van der Waals surface area contributed by atoms with Crippen molar-refractivity contribution >= 4 is 11.9 Å². The molecule has 0 aliphatic rings. The summed E-state index contributed by atoms with van der Waals surface area (Å²) in [5, 5.41) is 15.5. The van der Waals surface area contributed by atoms with Crippen molar-refractivity contribution < 1.29 is 41.0 Å². The van der Waals surface area contributed by atoms with Gasteiger partial charge in [-0.2, -0.15) is 18.3 Å². The highest BCUT2D eigenvalue weighted by Gasteiger charge is 2.32. The number of amides is 1. The number of aromatic nitrogens is 2. The van der Waals surface area contributed by atoms with Gasteiger partial charge in [0.05, 0.1) is 28.4 Å². The molecule has 0 bridgehead atoms. The normalized spacial score (nSPS) is 12.6. The van der Waals surface area contributed by atoms with Gasteiger partial charge in [0.1, 0.15) is 11.5 Å². The maximum absolute atomic E-state index is 14.2. The summed E-state index contributed by atoms with van der Waals surface area (Å²) in [4.78, 5) is 24.2. The SMILES string of the molecule is CCC(NC(=O)c1c(Cc2cccc(C(F)(F)F)c2)nn(C)c1C(F)F)c1ccc(C(=O)O)c(F)c1. The predicted molar refractivity (Wildman–Crippen MR) is 116 cm³/mol. The summed E-state index contributed by atoms with van der Waals surface area (Å²) in [6.07, 6.45) is -7.86. The van der Waals surface area contributed by atoms with Gasteiger partial charge in [0.2, 0.25) is 0 Å². The molecular formula is C24H21F6N3O3. The summed E-state index contributed by atoms with van der Waals surface area (Å²) in [7, 11) is 1.19. The number of hydrogen-bond donors (Lipinski definition) is 2. The molecule has 1 aromatic heterocycles. The first-order valence-corrected chi connectivity index (χ1v) is 10.7. The summed E-state index contributed by atoms with van der Waals surface area (Å²) in [5.41, 5.74) is -2.58. The molecule has 1 atom stereocenters. The second-order valence-corrected chi connectivity index (χ2v) is 7.98. The number of halogens is 6. The Labute approximate surface area is 201 Å². The van der Waals surface area contributed by atoms with Crippen molar-refractivity contribution in [3.63, 3.8) is 0 Å². The van der Waals surface area contributed by atoms with Gasteiger partial charge in [0.15, 0.2) is 0 Å². The fraction of sp³-hybridized carbons (Fsp3) is 0.292. The summed E-state index contributed by atoms with van der Waals surface area (Å²) in [5.74, 6) is -3.49. The van der Waals surface area contributed by atoms with Crippen molar-refractivity contribution in [1.82, 2.24) is 15.1 Å². The third kappa shape index (κ3) is 5.69. The van der Waals surface area contributed by atoms with Gasteiger partial charge in [-0.15, -0.1) is 0 Å². The fourth-order valence-corrected chi connectivity index (χ4v) is 3.84. The second kappa shape index (κ2) is 10.4. The molecule has 2 N–H and O–H groups in total. The Balaban J connectivity index is 1.97. The molecule has 3 aromatic rings. The van der Waals surface area contributed by atoms with E-state index < -0.39 is 58.7 Å². The van der Waals surface area contributed by atoms with Gasteiger partial charge in [-0.3, -0.25) is 9.48 Å². The Morgan fingerprint density at radius 2 is 1.83 bits per heavy atom. The van der Waals surface area contributed by atoms with Crippen LogP contribution in [0.4, 0.5) is 26.3 Å². The van der Waals surface area contributed by atoms with E-state index in [2.05, 4.69) is 10.4 Å². The second-order valence-electron chi connectivity index (χ2n) is 7.98. The zero-order valence-electron chi connectivity index (χ0n) is 19.0. The van der Waals surface area contributed by atoms with Crippen LogP contribution in [0, 0.1) is 5.82 Å². The molecule has 0 radical (unpaired) electrons. The highest BCUT2D eigenvalue weighted by Crippen LogP contribution is 2.32. The Morgan fingerprint density at radius 3 is 2.39 bits per heavy atom. The van der Waals surface area contributed by atoms with E-state index >= 15 is 0 Å². The fourth-order valence-electron chi connectivity index (χ4n) is 3.84. The van der Waals surface area contributed by atoms with Crippen LogP contribution in [-0.4, -0.2) is 26.8 Å². The summed E-state index contributed by atoms with van der Waals surface area (Å²) < 4.78 is 81.9. The Hall–Kier alpha value is -3.83. The minimum absolute atomic E-state index is 0.108. The largest absolute Gasteiger partial charge is 0.478 e. The number of rotatable bonds is 8. The molecule has 2 aromatic carbocycles. The smallest absolute Gasteiger partial charge is 0.416 e. The van der Waals surface area contributed by atoms with Crippen molar-refractivity contribution in [3.8, 4) is 0 Å². The molecule has 12 heteroatoms. The van der Waals surface area contributed by atoms with E-state index in [9.17, 15) is 35.9 Å². The van der Waals surface area contributed by atoms with E-state index in [0.717, 1.165) is 35.0 Å². The molecule has 0 aliphatic carbocycles. The number of alkyl halides is 5. The average Bonchev–Trinajstić information content (AvgIpc) is 3.12. The number of aryl methyl sites for hydroxylation is 1. The van der Waals surface area contributed by atoms with Crippen molar-refractivity contribution in [2.45, 2.75) is 38.4 Å².